The third-order valence-corrected chi connectivity index (χ3v) is 2.47. The summed E-state index contributed by atoms with van der Waals surface area (Å²) < 4.78 is 40.8. The highest BCUT2D eigenvalue weighted by molar-refractivity contribution is 5.54. The maximum Gasteiger partial charge on any atom is 0.573 e. The Bertz CT molecular complexity index is 399. The number of nitrogen functional groups attached to an aromatic ring is 1. The summed E-state index contributed by atoms with van der Waals surface area (Å²) in [6, 6.07) is 2.92. The van der Waals surface area contributed by atoms with Gasteiger partial charge >= 0.3 is 6.36 Å². The molecule has 0 radical (unpaired) electrons. The Morgan fingerprint density at radius 3 is 2.29 bits per heavy atom. The number of nitrogens with two attached hydrogens (primary N) is 1. The van der Waals surface area contributed by atoms with Crippen molar-refractivity contribution in [1.82, 2.24) is 0 Å². The van der Waals surface area contributed by atoms with Gasteiger partial charge in [-0.15, -0.1) is 13.2 Å². The number of alkyl halides is 3. The van der Waals surface area contributed by atoms with Gasteiger partial charge in [-0.25, -0.2) is 0 Å². The van der Waals surface area contributed by atoms with Crippen LogP contribution in [0.25, 0.3) is 0 Å². The maximum absolute atomic E-state index is 12.3. The molecule has 1 aromatic rings. The Hall–Kier alpha value is -1.39. The molecule has 0 aliphatic carbocycles. The molecule has 1 aromatic carbocycles. The van der Waals surface area contributed by atoms with Crippen molar-refractivity contribution < 1.29 is 17.9 Å². The van der Waals surface area contributed by atoms with E-state index < -0.39 is 6.36 Å². The van der Waals surface area contributed by atoms with Crippen molar-refractivity contribution in [2.24, 2.45) is 0 Å². The number of benzene rings is 1. The van der Waals surface area contributed by atoms with Crippen LogP contribution in [0.5, 0.6) is 5.75 Å². The summed E-state index contributed by atoms with van der Waals surface area (Å²) in [5.41, 5.74) is 7.23. The highest BCUT2D eigenvalue weighted by atomic mass is 19.4. The van der Waals surface area contributed by atoms with E-state index in [-0.39, 0.29) is 17.4 Å². The summed E-state index contributed by atoms with van der Waals surface area (Å²) >= 11 is 0. The highest BCUT2D eigenvalue weighted by Gasteiger charge is 2.32. The molecule has 0 amide bonds. The van der Waals surface area contributed by atoms with Crippen LogP contribution in [0, 0.1) is 0 Å². The van der Waals surface area contributed by atoms with Crippen LogP contribution in [0.3, 0.4) is 0 Å². The van der Waals surface area contributed by atoms with Crippen LogP contribution >= 0.6 is 0 Å². The summed E-state index contributed by atoms with van der Waals surface area (Å²) in [6.45, 7) is 5.61. The lowest BCUT2D eigenvalue weighted by Gasteiger charge is -2.18. The van der Waals surface area contributed by atoms with E-state index in [0.717, 1.165) is 5.56 Å². The Balaban J connectivity index is 3.28. The van der Waals surface area contributed by atoms with E-state index in [0.29, 0.717) is 12.0 Å². The molecule has 0 fully saturated rings. The van der Waals surface area contributed by atoms with E-state index >= 15 is 0 Å². The van der Waals surface area contributed by atoms with Crippen LogP contribution in [-0.2, 0) is 6.42 Å². The number of hydrogen-bond acceptors (Lipinski definition) is 2. The van der Waals surface area contributed by atoms with E-state index in [1.54, 1.807) is 13.0 Å². The standard InChI is InChI=1S/C12H16F3NO/c1-4-9-10(7(2)3)5-8(16)6-11(9)17-12(13,14)15/h5-7H,4,16H2,1-3H3. The third kappa shape index (κ3) is 3.54. The van der Waals surface area contributed by atoms with Gasteiger partial charge in [0.1, 0.15) is 5.75 Å². The fourth-order valence-corrected chi connectivity index (χ4v) is 1.80. The molecule has 96 valence electrons. The van der Waals surface area contributed by atoms with Crippen molar-refractivity contribution >= 4 is 5.69 Å². The Morgan fingerprint density at radius 2 is 1.88 bits per heavy atom. The van der Waals surface area contributed by atoms with Crippen LogP contribution < -0.4 is 10.5 Å². The Labute approximate surface area is 98.6 Å². The van der Waals surface area contributed by atoms with E-state index in [1.165, 1.54) is 6.07 Å². The molecule has 1 rings (SSSR count). The number of ether oxygens (including phenoxy) is 1. The summed E-state index contributed by atoms with van der Waals surface area (Å²) in [7, 11) is 0. The third-order valence-electron chi connectivity index (χ3n) is 2.47. The number of hydrogen-bond donors (Lipinski definition) is 1. The average molecular weight is 247 g/mol. The molecule has 0 bridgehead atoms. The molecule has 2 N–H and O–H groups in total. The molecule has 0 aromatic heterocycles. The summed E-state index contributed by atoms with van der Waals surface area (Å²) in [6.07, 6.45) is -4.22. The zero-order valence-corrected chi connectivity index (χ0v) is 10.1. The average Bonchev–Trinajstić information content (AvgIpc) is 2.14. The monoisotopic (exact) mass is 247 g/mol. The Kier molecular flexibility index (Phi) is 3.91. The second-order valence-electron chi connectivity index (χ2n) is 4.14. The van der Waals surface area contributed by atoms with Gasteiger partial charge in [0, 0.05) is 11.8 Å². The van der Waals surface area contributed by atoms with Crippen LogP contribution in [-0.4, -0.2) is 6.36 Å². The van der Waals surface area contributed by atoms with Gasteiger partial charge in [-0.3, -0.25) is 0 Å². The summed E-state index contributed by atoms with van der Waals surface area (Å²) in [4.78, 5) is 0. The van der Waals surface area contributed by atoms with Crippen molar-refractivity contribution in [2.75, 3.05) is 5.73 Å². The minimum atomic E-state index is -4.69. The molecule has 0 aliphatic rings. The second-order valence-corrected chi connectivity index (χ2v) is 4.14. The molecule has 0 saturated carbocycles. The normalized spacial score (nSPS) is 11.9. The van der Waals surface area contributed by atoms with Gasteiger partial charge in [0.25, 0.3) is 0 Å². The van der Waals surface area contributed by atoms with Crippen molar-refractivity contribution in [2.45, 2.75) is 39.5 Å². The maximum atomic E-state index is 12.3. The smallest absolute Gasteiger partial charge is 0.405 e. The van der Waals surface area contributed by atoms with Gasteiger partial charge in [-0.05, 0) is 29.5 Å². The predicted molar refractivity (Wildman–Crippen MR) is 61.0 cm³/mol. The van der Waals surface area contributed by atoms with Gasteiger partial charge in [0.05, 0.1) is 0 Å². The van der Waals surface area contributed by atoms with Gasteiger partial charge < -0.3 is 10.5 Å². The fraction of sp³-hybridized carbons (Fsp3) is 0.500. The molecule has 0 aliphatic heterocycles. The molecular weight excluding hydrogens is 231 g/mol. The van der Waals surface area contributed by atoms with E-state index in [2.05, 4.69) is 4.74 Å². The first-order valence-electron chi connectivity index (χ1n) is 5.42. The van der Waals surface area contributed by atoms with Crippen molar-refractivity contribution in [1.29, 1.82) is 0 Å². The van der Waals surface area contributed by atoms with Crippen LogP contribution in [0.2, 0.25) is 0 Å². The highest BCUT2D eigenvalue weighted by Crippen LogP contribution is 2.34. The van der Waals surface area contributed by atoms with Crippen molar-refractivity contribution in [3.05, 3.63) is 23.3 Å². The molecular formula is C12H16F3NO. The fourth-order valence-electron chi connectivity index (χ4n) is 1.80. The largest absolute Gasteiger partial charge is 0.573 e. The Morgan fingerprint density at radius 1 is 1.29 bits per heavy atom. The van der Waals surface area contributed by atoms with Crippen LogP contribution in [0.1, 0.15) is 37.8 Å². The van der Waals surface area contributed by atoms with Crippen molar-refractivity contribution in [3.63, 3.8) is 0 Å². The number of anilines is 1. The molecule has 0 atom stereocenters. The molecule has 0 heterocycles. The van der Waals surface area contributed by atoms with Gasteiger partial charge in [0.2, 0.25) is 0 Å². The van der Waals surface area contributed by atoms with Crippen molar-refractivity contribution in [3.8, 4) is 5.75 Å². The minimum Gasteiger partial charge on any atom is -0.405 e. The zero-order chi connectivity index (χ0) is 13.2. The SMILES string of the molecule is CCc1c(OC(F)(F)F)cc(N)cc1C(C)C. The van der Waals surface area contributed by atoms with Crippen LogP contribution in [0.15, 0.2) is 12.1 Å². The number of halogens is 3. The molecule has 17 heavy (non-hydrogen) atoms. The van der Waals surface area contributed by atoms with E-state index in [4.69, 9.17) is 5.73 Å². The summed E-state index contributed by atoms with van der Waals surface area (Å²) in [5.74, 6) is -0.0901. The second kappa shape index (κ2) is 4.85. The minimum absolute atomic E-state index is 0.101. The van der Waals surface area contributed by atoms with E-state index in [9.17, 15) is 13.2 Å². The number of rotatable bonds is 3. The molecule has 0 unspecified atom stereocenters. The molecule has 0 spiro atoms. The molecule has 0 saturated heterocycles. The lowest BCUT2D eigenvalue weighted by molar-refractivity contribution is -0.274. The van der Waals surface area contributed by atoms with Gasteiger partial charge in [-0.2, -0.15) is 0 Å². The van der Waals surface area contributed by atoms with E-state index in [1.807, 2.05) is 13.8 Å². The van der Waals surface area contributed by atoms with Gasteiger partial charge in [-0.1, -0.05) is 20.8 Å². The summed E-state index contributed by atoms with van der Waals surface area (Å²) in [5, 5.41) is 0. The molecule has 2 nitrogen and oxygen atoms in total. The lowest BCUT2D eigenvalue weighted by Crippen LogP contribution is -2.19. The first kappa shape index (κ1) is 13.7. The van der Waals surface area contributed by atoms with Gasteiger partial charge in [0.15, 0.2) is 0 Å². The predicted octanol–water partition coefficient (Wildman–Crippen LogP) is 3.85. The first-order valence-corrected chi connectivity index (χ1v) is 5.42. The lowest BCUT2D eigenvalue weighted by atomic mass is 9.94. The topological polar surface area (TPSA) is 35.2 Å². The van der Waals surface area contributed by atoms with Crippen LogP contribution in [0.4, 0.5) is 18.9 Å². The molecule has 5 heteroatoms. The first-order chi connectivity index (χ1) is 7.74. The quantitative estimate of drug-likeness (QED) is 0.823. The zero-order valence-electron chi connectivity index (χ0n) is 10.1.